The molecule has 1 aliphatic heterocycles. The van der Waals surface area contributed by atoms with E-state index < -0.39 is 0 Å². The lowest BCUT2D eigenvalue weighted by atomic mass is 10.3. The Morgan fingerprint density at radius 3 is 2.80 bits per heavy atom. The molecule has 54 valence electrons. The Bertz CT molecular complexity index is 218. The maximum absolute atomic E-state index is 10.6. The summed E-state index contributed by atoms with van der Waals surface area (Å²) in [5, 5.41) is 0. The summed E-state index contributed by atoms with van der Waals surface area (Å²) >= 11 is 0. The lowest BCUT2D eigenvalue weighted by molar-refractivity contribution is -0.137. The number of carbonyl (C=O) groups is 1. The fraction of sp³-hybridized carbons (Fsp3) is 0.286. The van der Waals surface area contributed by atoms with Crippen LogP contribution < -0.4 is 0 Å². The number of carbonyl (C=O) groups excluding carboxylic acids is 1. The molecule has 0 atom stereocenters. The van der Waals surface area contributed by atoms with Crippen LogP contribution in [0.4, 0.5) is 0 Å². The fourth-order valence-corrected chi connectivity index (χ4v) is 0.678. The van der Waals surface area contributed by atoms with Crippen LogP contribution in [-0.2, 0) is 9.53 Å². The Kier molecular flexibility index (Phi) is 1.49. The molecule has 0 aromatic heterocycles. The smallest absolute Gasteiger partial charge is 0.339 e. The Morgan fingerprint density at radius 1 is 1.70 bits per heavy atom. The highest BCUT2D eigenvalue weighted by Gasteiger charge is 2.15. The van der Waals surface area contributed by atoms with E-state index in [9.17, 15) is 4.79 Å². The molecule has 0 saturated carbocycles. The summed E-state index contributed by atoms with van der Waals surface area (Å²) in [6.45, 7) is 5.36. The van der Waals surface area contributed by atoms with Gasteiger partial charge in [-0.25, -0.2) is 4.79 Å². The van der Waals surface area contributed by atoms with Crippen molar-refractivity contribution in [3.05, 3.63) is 24.2 Å². The van der Waals surface area contributed by atoms with Crippen LogP contribution in [0, 0.1) is 0 Å². The molecule has 1 rings (SSSR count). The van der Waals surface area contributed by atoms with Gasteiger partial charge in [0.15, 0.2) is 5.88 Å². The number of nitrogens with zero attached hydrogens (tertiary/aromatic N) is 1. The molecule has 10 heavy (non-hydrogen) atoms. The molecule has 0 unspecified atom stereocenters. The van der Waals surface area contributed by atoms with Gasteiger partial charge in [-0.3, -0.25) is 0 Å². The van der Waals surface area contributed by atoms with Crippen molar-refractivity contribution in [2.24, 2.45) is 0 Å². The van der Waals surface area contributed by atoms with Crippen LogP contribution in [0.2, 0.25) is 0 Å². The van der Waals surface area contributed by atoms with Crippen molar-refractivity contribution in [2.45, 2.75) is 6.92 Å². The maximum atomic E-state index is 10.6. The van der Waals surface area contributed by atoms with Crippen molar-refractivity contribution in [1.82, 2.24) is 4.90 Å². The zero-order valence-corrected chi connectivity index (χ0v) is 6.05. The normalized spacial score (nSPS) is 18.6. The van der Waals surface area contributed by atoms with Crippen LogP contribution >= 0.6 is 0 Å². The molecule has 0 aromatic rings. The molecule has 0 N–H and O–H groups in total. The van der Waals surface area contributed by atoms with Crippen molar-refractivity contribution in [1.29, 1.82) is 0 Å². The van der Waals surface area contributed by atoms with Gasteiger partial charge in [-0.1, -0.05) is 0 Å². The quantitative estimate of drug-likeness (QED) is 0.466. The van der Waals surface area contributed by atoms with E-state index in [1.165, 1.54) is 6.08 Å². The Labute approximate surface area is 59.6 Å². The number of allylic oxidation sites excluding steroid dienone is 1. The molecule has 0 aromatic carbocycles. The van der Waals surface area contributed by atoms with Crippen LogP contribution in [0.3, 0.4) is 0 Å². The van der Waals surface area contributed by atoms with Gasteiger partial charge < -0.3 is 9.64 Å². The predicted molar refractivity (Wildman–Crippen MR) is 36.8 cm³/mol. The van der Waals surface area contributed by atoms with Gasteiger partial charge in [0, 0.05) is 18.8 Å². The number of hydrogen-bond donors (Lipinski definition) is 0. The molecule has 0 radical (unpaired) electrons. The minimum Gasteiger partial charge on any atom is -0.407 e. The zero-order chi connectivity index (χ0) is 7.72. The van der Waals surface area contributed by atoms with Crippen molar-refractivity contribution in [3.63, 3.8) is 0 Å². The highest BCUT2D eigenvalue weighted by Crippen LogP contribution is 2.14. The van der Waals surface area contributed by atoms with E-state index in [2.05, 4.69) is 11.3 Å². The molecule has 0 bridgehead atoms. The molecular formula is C7H9NO2. The van der Waals surface area contributed by atoms with Gasteiger partial charge in [0.05, 0.1) is 0 Å². The van der Waals surface area contributed by atoms with Crippen molar-refractivity contribution in [3.8, 4) is 0 Å². The Balaban J connectivity index is 2.91. The number of rotatable bonds is 0. The lowest BCUT2D eigenvalue weighted by Gasteiger charge is -2.24. The third kappa shape index (κ3) is 1.03. The van der Waals surface area contributed by atoms with Crippen LogP contribution in [-0.4, -0.2) is 17.9 Å². The number of esters is 1. The summed E-state index contributed by atoms with van der Waals surface area (Å²) in [6, 6.07) is 0. The first-order valence-electron chi connectivity index (χ1n) is 2.94. The third-order valence-electron chi connectivity index (χ3n) is 1.45. The first-order chi connectivity index (χ1) is 4.61. The van der Waals surface area contributed by atoms with Crippen LogP contribution in [0.15, 0.2) is 24.2 Å². The van der Waals surface area contributed by atoms with E-state index in [-0.39, 0.29) is 5.97 Å². The maximum Gasteiger partial charge on any atom is 0.339 e. The minimum absolute atomic E-state index is 0.347. The number of cyclic esters (lactones) is 1. The van der Waals surface area contributed by atoms with Crippen molar-refractivity contribution in [2.75, 3.05) is 7.05 Å². The van der Waals surface area contributed by atoms with Crippen LogP contribution in [0.1, 0.15) is 6.92 Å². The number of ether oxygens (including phenoxy) is 1. The summed E-state index contributed by atoms with van der Waals surface area (Å²) in [6.07, 6.45) is 1.43. The van der Waals surface area contributed by atoms with Crippen molar-refractivity contribution >= 4 is 5.97 Å². The predicted octanol–water partition coefficient (Wildman–Crippen LogP) is 0.850. The summed E-state index contributed by atoms with van der Waals surface area (Å²) in [5.74, 6) is 0.0330. The third-order valence-corrected chi connectivity index (χ3v) is 1.45. The molecule has 0 spiro atoms. The summed E-state index contributed by atoms with van der Waals surface area (Å²) in [5.41, 5.74) is 0.848. The first kappa shape index (κ1) is 6.86. The van der Waals surface area contributed by atoms with Gasteiger partial charge in [-0.05, 0) is 13.5 Å². The summed E-state index contributed by atoms with van der Waals surface area (Å²) < 4.78 is 4.69. The standard InChI is InChI=1S/C7H9NO2/c1-5-4-7(9)10-6(2)8(5)3/h4H,2H2,1,3H3. The average molecular weight is 139 g/mol. The second kappa shape index (κ2) is 2.17. The highest BCUT2D eigenvalue weighted by atomic mass is 16.6. The zero-order valence-electron chi connectivity index (χ0n) is 6.05. The summed E-state index contributed by atoms with van der Waals surface area (Å²) in [4.78, 5) is 12.4. The van der Waals surface area contributed by atoms with Gasteiger partial charge in [0.25, 0.3) is 0 Å². The molecule has 0 fully saturated rings. The molecule has 0 amide bonds. The topological polar surface area (TPSA) is 29.5 Å². The van der Waals surface area contributed by atoms with E-state index in [1.54, 1.807) is 11.9 Å². The molecule has 1 heterocycles. The van der Waals surface area contributed by atoms with Crippen LogP contribution in [0.5, 0.6) is 0 Å². The first-order valence-corrected chi connectivity index (χ1v) is 2.94. The average Bonchev–Trinajstić information content (AvgIpc) is 1.82. The molecule has 3 nitrogen and oxygen atoms in total. The van der Waals surface area contributed by atoms with Gasteiger partial charge >= 0.3 is 5.97 Å². The molecular weight excluding hydrogens is 130 g/mol. The van der Waals surface area contributed by atoms with E-state index >= 15 is 0 Å². The highest BCUT2D eigenvalue weighted by molar-refractivity contribution is 5.84. The van der Waals surface area contributed by atoms with Gasteiger partial charge in [-0.15, -0.1) is 0 Å². The lowest BCUT2D eigenvalue weighted by Crippen LogP contribution is -2.24. The minimum atomic E-state index is -0.347. The molecule has 0 saturated heterocycles. The van der Waals surface area contributed by atoms with E-state index in [4.69, 9.17) is 0 Å². The van der Waals surface area contributed by atoms with Gasteiger partial charge in [0.1, 0.15) is 0 Å². The largest absolute Gasteiger partial charge is 0.407 e. The fourth-order valence-electron chi connectivity index (χ4n) is 0.678. The Morgan fingerprint density at radius 2 is 2.30 bits per heavy atom. The number of hydrogen-bond acceptors (Lipinski definition) is 3. The van der Waals surface area contributed by atoms with E-state index in [0.29, 0.717) is 5.88 Å². The van der Waals surface area contributed by atoms with E-state index in [0.717, 1.165) is 5.70 Å². The van der Waals surface area contributed by atoms with E-state index in [1.807, 2.05) is 6.92 Å². The molecule has 3 heteroatoms. The van der Waals surface area contributed by atoms with Gasteiger partial charge in [0.2, 0.25) is 0 Å². The van der Waals surface area contributed by atoms with Gasteiger partial charge in [-0.2, -0.15) is 0 Å². The van der Waals surface area contributed by atoms with Crippen LogP contribution in [0.25, 0.3) is 0 Å². The van der Waals surface area contributed by atoms with Crippen molar-refractivity contribution < 1.29 is 9.53 Å². The monoisotopic (exact) mass is 139 g/mol. The molecule has 0 aliphatic carbocycles. The second-order valence-electron chi connectivity index (χ2n) is 2.16. The second-order valence-corrected chi connectivity index (χ2v) is 2.16. The summed E-state index contributed by atoms with van der Waals surface area (Å²) in [7, 11) is 1.79. The SMILES string of the molecule is C=C1OC(=O)C=C(C)N1C. The molecule has 1 aliphatic rings. The Hall–Kier alpha value is -1.25.